The molecule has 0 unspecified atom stereocenters. The van der Waals surface area contributed by atoms with Gasteiger partial charge in [0, 0.05) is 0 Å². The van der Waals surface area contributed by atoms with Crippen LogP contribution in [0.15, 0.2) is 66.8 Å². The molecule has 0 nitrogen and oxygen atoms in total. The lowest BCUT2D eigenvalue weighted by atomic mass is 9.94. The zero-order chi connectivity index (χ0) is 15.7. The van der Waals surface area contributed by atoms with E-state index in [1.165, 1.54) is 28.7 Å². The van der Waals surface area contributed by atoms with Crippen molar-refractivity contribution in [3.8, 4) is 0 Å². The van der Waals surface area contributed by atoms with Crippen molar-refractivity contribution in [3.05, 3.63) is 77.9 Å². The van der Waals surface area contributed by atoms with Gasteiger partial charge in [0.2, 0.25) is 0 Å². The smallest absolute Gasteiger partial charge is 0.0184 e. The lowest BCUT2D eigenvalue weighted by Gasteiger charge is -2.11. The molecule has 0 aliphatic heterocycles. The lowest BCUT2D eigenvalue weighted by molar-refractivity contribution is 0.922. The van der Waals surface area contributed by atoms with Crippen LogP contribution in [0, 0.1) is 0 Å². The van der Waals surface area contributed by atoms with Crippen LogP contribution in [0.3, 0.4) is 0 Å². The van der Waals surface area contributed by atoms with Gasteiger partial charge in [0.25, 0.3) is 0 Å². The molecule has 0 bridgehead atoms. The first-order valence-corrected chi connectivity index (χ1v) is 7.82. The van der Waals surface area contributed by atoms with Gasteiger partial charge in [-0.1, -0.05) is 68.0 Å². The lowest BCUT2D eigenvalue weighted by Crippen LogP contribution is -1.91. The topological polar surface area (TPSA) is 0 Å². The van der Waals surface area contributed by atoms with Crippen LogP contribution in [0.1, 0.15) is 51.2 Å². The van der Waals surface area contributed by atoms with Gasteiger partial charge < -0.3 is 0 Å². The van der Waals surface area contributed by atoms with Gasteiger partial charge in [0.1, 0.15) is 0 Å². The Labute approximate surface area is 130 Å². The Balaban J connectivity index is 0.000000491. The Kier molecular flexibility index (Phi) is 7.53. The molecule has 0 spiro atoms. The van der Waals surface area contributed by atoms with E-state index in [-0.39, 0.29) is 0 Å². The fourth-order valence-electron chi connectivity index (χ4n) is 2.17. The average Bonchev–Trinajstić information content (AvgIpc) is 2.48. The van der Waals surface area contributed by atoms with Crippen LogP contribution >= 0.6 is 0 Å². The summed E-state index contributed by atoms with van der Waals surface area (Å²) < 4.78 is 0. The molecule has 0 heterocycles. The highest BCUT2D eigenvalue weighted by atomic mass is 14.1. The molecule has 2 rings (SSSR count). The third-order valence-corrected chi connectivity index (χ3v) is 3.18. The van der Waals surface area contributed by atoms with Gasteiger partial charge in [-0.25, -0.2) is 0 Å². The standard InChI is InChI=1S/C17H20.C4H8/c1-3-7-15-10-12-17(13-11-15)14(2)16-8-5-4-6-9-16;1-4(2)3/h5,8-13H,2-4,6-7H2,1H3;1H2,2-3H3. The van der Waals surface area contributed by atoms with Gasteiger partial charge in [-0.2, -0.15) is 0 Å². The summed E-state index contributed by atoms with van der Waals surface area (Å²) in [6.07, 6.45) is 11.4. The molecule has 0 amide bonds. The second-order valence-electron chi connectivity index (χ2n) is 5.77. The highest BCUT2D eigenvalue weighted by molar-refractivity contribution is 5.80. The van der Waals surface area contributed by atoms with Crippen LogP contribution in [-0.2, 0) is 6.42 Å². The van der Waals surface area contributed by atoms with E-state index in [2.05, 4.69) is 62.6 Å². The van der Waals surface area contributed by atoms with E-state index in [0.717, 1.165) is 24.8 Å². The minimum absolute atomic E-state index is 1.14. The normalized spacial score (nSPS) is 13.0. The molecule has 1 aromatic carbocycles. The van der Waals surface area contributed by atoms with Crippen LogP contribution in [0.25, 0.3) is 5.57 Å². The number of rotatable bonds is 4. The van der Waals surface area contributed by atoms with Crippen molar-refractivity contribution in [2.75, 3.05) is 0 Å². The molecule has 0 saturated heterocycles. The number of allylic oxidation sites excluding steroid dienone is 6. The molecule has 0 aromatic heterocycles. The molecule has 1 aliphatic carbocycles. The summed E-state index contributed by atoms with van der Waals surface area (Å²) in [6.45, 7) is 13.9. The molecule has 0 atom stereocenters. The Bertz CT molecular complexity index is 520. The van der Waals surface area contributed by atoms with Crippen molar-refractivity contribution in [1.29, 1.82) is 0 Å². The third-order valence-electron chi connectivity index (χ3n) is 3.18. The second-order valence-corrected chi connectivity index (χ2v) is 5.77. The Morgan fingerprint density at radius 3 is 2.14 bits per heavy atom. The first-order chi connectivity index (χ1) is 10.0. The van der Waals surface area contributed by atoms with Crippen molar-refractivity contribution in [2.45, 2.75) is 46.5 Å². The summed E-state index contributed by atoms with van der Waals surface area (Å²) in [5, 5.41) is 0. The van der Waals surface area contributed by atoms with Crippen LogP contribution in [0.4, 0.5) is 0 Å². The monoisotopic (exact) mass is 280 g/mol. The van der Waals surface area contributed by atoms with E-state index in [4.69, 9.17) is 0 Å². The van der Waals surface area contributed by atoms with E-state index < -0.39 is 0 Å². The molecule has 0 N–H and O–H groups in total. The van der Waals surface area contributed by atoms with Gasteiger partial charge in [0.05, 0.1) is 0 Å². The van der Waals surface area contributed by atoms with Crippen LogP contribution in [0.2, 0.25) is 0 Å². The van der Waals surface area contributed by atoms with E-state index in [0.29, 0.717) is 0 Å². The first kappa shape index (κ1) is 17.2. The molecule has 0 radical (unpaired) electrons. The fraction of sp³-hybridized carbons (Fsp3) is 0.333. The minimum atomic E-state index is 1.14. The molecule has 1 aliphatic rings. The van der Waals surface area contributed by atoms with Crippen molar-refractivity contribution in [3.63, 3.8) is 0 Å². The first-order valence-electron chi connectivity index (χ1n) is 7.82. The summed E-state index contributed by atoms with van der Waals surface area (Å²) in [4.78, 5) is 0. The fourth-order valence-corrected chi connectivity index (χ4v) is 2.17. The van der Waals surface area contributed by atoms with Gasteiger partial charge in [-0.05, 0) is 55.4 Å². The maximum absolute atomic E-state index is 4.20. The predicted octanol–water partition coefficient (Wildman–Crippen LogP) is 6.51. The summed E-state index contributed by atoms with van der Waals surface area (Å²) in [5.74, 6) is 0. The van der Waals surface area contributed by atoms with Crippen LogP contribution in [-0.4, -0.2) is 0 Å². The van der Waals surface area contributed by atoms with E-state index >= 15 is 0 Å². The SMILES string of the molecule is C=C(C)C.C=C(C1=CCCC=C1)c1ccc(CCC)cc1. The molecular formula is C21H28. The van der Waals surface area contributed by atoms with Crippen molar-refractivity contribution < 1.29 is 0 Å². The van der Waals surface area contributed by atoms with Gasteiger partial charge in [-0.15, -0.1) is 6.58 Å². The number of benzene rings is 1. The van der Waals surface area contributed by atoms with Crippen molar-refractivity contribution >= 4 is 5.57 Å². The number of aryl methyl sites for hydroxylation is 1. The highest BCUT2D eigenvalue weighted by Gasteiger charge is 2.04. The van der Waals surface area contributed by atoms with Crippen LogP contribution < -0.4 is 0 Å². The third kappa shape index (κ3) is 6.44. The summed E-state index contributed by atoms with van der Waals surface area (Å²) in [5.41, 5.74) is 6.24. The maximum atomic E-state index is 4.20. The zero-order valence-corrected chi connectivity index (χ0v) is 13.8. The molecule has 21 heavy (non-hydrogen) atoms. The predicted molar refractivity (Wildman–Crippen MR) is 96.4 cm³/mol. The largest absolute Gasteiger partial charge is 0.100 e. The molecule has 0 heteroatoms. The number of hydrogen-bond donors (Lipinski definition) is 0. The van der Waals surface area contributed by atoms with Gasteiger partial charge >= 0.3 is 0 Å². The quantitative estimate of drug-likeness (QED) is 0.551. The Morgan fingerprint density at radius 1 is 1.05 bits per heavy atom. The minimum Gasteiger partial charge on any atom is -0.100 e. The Morgan fingerprint density at radius 2 is 1.67 bits per heavy atom. The summed E-state index contributed by atoms with van der Waals surface area (Å²) in [6, 6.07) is 8.82. The molecule has 112 valence electrons. The van der Waals surface area contributed by atoms with E-state index in [1.54, 1.807) is 0 Å². The van der Waals surface area contributed by atoms with Gasteiger partial charge in [-0.3, -0.25) is 0 Å². The number of hydrogen-bond acceptors (Lipinski definition) is 0. The highest BCUT2D eigenvalue weighted by Crippen LogP contribution is 2.25. The van der Waals surface area contributed by atoms with Gasteiger partial charge in [0.15, 0.2) is 0 Å². The van der Waals surface area contributed by atoms with Crippen molar-refractivity contribution in [1.82, 2.24) is 0 Å². The average molecular weight is 280 g/mol. The second kappa shape index (κ2) is 9.18. The molecular weight excluding hydrogens is 252 g/mol. The zero-order valence-electron chi connectivity index (χ0n) is 13.8. The molecule has 1 aromatic rings. The maximum Gasteiger partial charge on any atom is -0.0184 e. The Hall–Kier alpha value is -1.82. The van der Waals surface area contributed by atoms with E-state index in [1.807, 2.05) is 13.8 Å². The van der Waals surface area contributed by atoms with E-state index in [9.17, 15) is 0 Å². The molecule has 0 fully saturated rings. The van der Waals surface area contributed by atoms with Crippen LogP contribution in [0.5, 0.6) is 0 Å². The van der Waals surface area contributed by atoms with Crippen molar-refractivity contribution in [2.24, 2.45) is 0 Å². The summed E-state index contributed by atoms with van der Waals surface area (Å²) in [7, 11) is 0. The summed E-state index contributed by atoms with van der Waals surface area (Å²) >= 11 is 0. The molecule has 0 saturated carbocycles.